The fourth-order valence-corrected chi connectivity index (χ4v) is 1.96. The van der Waals surface area contributed by atoms with Crippen molar-refractivity contribution in [2.75, 3.05) is 5.32 Å². The summed E-state index contributed by atoms with van der Waals surface area (Å²) in [7, 11) is 0. The summed E-state index contributed by atoms with van der Waals surface area (Å²) >= 11 is 0. The fourth-order valence-electron chi connectivity index (χ4n) is 1.96. The van der Waals surface area contributed by atoms with Gasteiger partial charge in [-0.05, 0) is 23.8 Å². The maximum absolute atomic E-state index is 11.8. The van der Waals surface area contributed by atoms with Crippen molar-refractivity contribution < 1.29 is 14.5 Å². The average Bonchev–Trinajstić information content (AvgIpc) is 2.63. The summed E-state index contributed by atoms with van der Waals surface area (Å²) < 4.78 is 0. The molecule has 0 spiro atoms. The van der Waals surface area contributed by atoms with E-state index in [1.54, 1.807) is 30.3 Å². The lowest BCUT2D eigenvalue weighted by atomic mass is 10.1. The van der Waals surface area contributed by atoms with Crippen LogP contribution in [0.1, 0.15) is 11.1 Å². The summed E-state index contributed by atoms with van der Waals surface area (Å²) in [6.45, 7) is 0. The molecule has 2 aromatic rings. The Hall–Kier alpha value is -4.06. The topological polar surface area (TPSA) is 137 Å². The van der Waals surface area contributed by atoms with Crippen molar-refractivity contribution in [2.45, 2.75) is 6.42 Å². The summed E-state index contributed by atoms with van der Waals surface area (Å²) in [6, 6.07) is 14.3. The lowest BCUT2D eigenvalue weighted by Gasteiger charge is -2.04. The van der Waals surface area contributed by atoms with Crippen molar-refractivity contribution in [3.05, 3.63) is 69.8 Å². The molecule has 0 saturated heterocycles. The first kappa shape index (κ1) is 18.3. The number of hydrazone groups is 1. The van der Waals surface area contributed by atoms with Gasteiger partial charge in [0.25, 0.3) is 5.69 Å². The molecule has 9 heteroatoms. The summed E-state index contributed by atoms with van der Waals surface area (Å²) in [4.78, 5) is 33.8. The Bertz CT molecular complexity index is 900. The first-order chi connectivity index (χ1) is 12.5. The van der Waals surface area contributed by atoms with E-state index < -0.39 is 16.7 Å². The predicted molar refractivity (Wildman–Crippen MR) is 93.2 cm³/mol. The number of nitriles is 1. The van der Waals surface area contributed by atoms with E-state index >= 15 is 0 Å². The lowest BCUT2D eigenvalue weighted by Crippen LogP contribution is -2.32. The van der Waals surface area contributed by atoms with Crippen molar-refractivity contribution >= 4 is 29.4 Å². The van der Waals surface area contributed by atoms with Gasteiger partial charge in [0.15, 0.2) is 0 Å². The number of hydrogen-bond acceptors (Lipinski definition) is 6. The zero-order valence-electron chi connectivity index (χ0n) is 13.4. The largest absolute Gasteiger partial charge is 0.329 e. The van der Waals surface area contributed by atoms with Gasteiger partial charge in [-0.3, -0.25) is 19.7 Å². The molecule has 0 atom stereocenters. The molecule has 2 N–H and O–H groups in total. The highest BCUT2D eigenvalue weighted by molar-refractivity contribution is 6.39. The fraction of sp³-hybridized carbons (Fsp3) is 0.0588. The third-order valence-electron chi connectivity index (χ3n) is 3.20. The second kappa shape index (κ2) is 8.70. The van der Waals surface area contributed by atoms with Crippen LogP contribution in [0.4, 0.5) is 11.4 Å². The van der Waals surface area contributed by atoms with Crippen molar-refractivity contribution in [3.63, 3.8) is 0 Å². The van der Waals surface area contributed by atoms with E-state index in [9.17, 15) is 19.7 Å². The number of anilines is 1. The molecule has 0 aliphatic carbocycles. The summed E-state index contributed by atoms with van der Waals surface area (Å²) in [5.74, 6) is -1.97. The minimum atomic E-state index is -1.03. The molecule has 2 aromatic carbocycles. The van der Waals surface area contributed by atoms with Crippen LogP contribution in [0, 0.1) is 21.4 Å². The van der Waals surface area contributed by atoms with Crippen LogP contribution in [0.3, 0.4) is 0 Å². The van der Waals surface area contributed by atoms with E-state index in [1.165, 1.54) is 18.2 Å². The SMILES string of the molecule is N#CCc1ccc(NC(=O)C(=O)NN=Cc2ccccc2[N+](=O)[O-])cc1. The Morgan fingerprint density at radius 3 is 2.50 bits per heavy atom. The molecule has 130 valence electrons. The minimum absolute atomic E-state index is 0.174. The Balaban J connectivity index is 1.94. The van der Waals surface area contributed by atoms with Gasteiger partial charge in [0.1, 0.15) is 0 Å². The first-order valence-electron chi connectivity index (χ1n) is 7.35. The molecule has 9 nitrogen and oxygen atoms in total. The number of amides is 2. The quantitative estimate of drug-likeness (QED) is 0.366. The predicted octanol–water partition coefficient (Wildman–Crippen LogP) is 1.75. The Morgan fingerprint density at radius 1 is 1.15 bits per heavy atom. The number of carbonyl (C=O) groups is 2. The van der Waals surface area contributed by atoms with Crippen LogP contribution in [-0.2, 0) is 16.0 Å². The van der Waals surface area contributed by atoms with E-state index in [0.717, 1.165) is 11.8 Å². The number of nitrogens with one attached hydrogen (secondary N) is 2. The van der Waals surface area contributed by atoms with Crippen LogP contribution in [0.5, 0.6) is 0 Å². The van der Waals surface area contributed by atoms with Crippen LogP contribution in [-0.4, -0.2) is 23.0 Å². The zero-order valence-corrected chi connectivity index (χ0v) is 13.4. The summed E-state index contributed by atoms with van der Waals surface area (Å²) in [6.07, 6.45) is 1.33. The van der Waals surface area contributed by atoms with Gasteiger partial charge in [-0.15, -0.1) is 0 Å². The molecule has 0 radical (unpaired) electrons. The number of rotatable bonds is 5. The maximum Gasteiger partial charge on any atom is 0.329 e. The van der Waals surface area contributed by atoms with Gasteiger partial charge in [-0.25, -0.2) is 5.43 Å². The maximum atomic E-state index is 11.8. The molecule has 2 rings (SSSR count). The number of nitrogens with zero attached hydrogens (tertiary/aromatic N) is 3. The molecule has 0 aromatic heterocycles. The molecule has 0 fully saturated rings. The number of benzene rings is 2. The Morgan fingerprint density at radius 2 is 1.85 bits per heavy atom. The van der Waals surface area contributed by atoms with Gasteiger partial charge >= 0.3 is 11.8 Å². The van der Waals surface area contributed by atoms with Crippen molar-refractivity contribution in [1.82, 2.24) is 5.43 Å². The van der Waals surface area contributed by atoms with Crippen molar-refractivity contribution in [2.24, 2.45) is 5.10 Å². The highest BCUT2D eigenvalue weighted by Crippen LogP contribution is 2.15. The molecule has 0 saturated carbocycles. The zero-order chi connectivity index (χ0) is 18.9. The first-order valence-corrected chi connectivity index (χ1v) is 7.35. The monoisotopic (exact) mass is 351 g/mol. The Kier molecular flexibility index (Phi) is 6.12. The number of carbonyl (C=O) groups excluding carboxylic acids is 2. The van der Waals surface area contributed by atoms with Gasteiger partial charge in [-0.2, -0.15) is 10.4 Å². The highest BCUT2D eigenvalue weighted by atomic mass is 16.6. The normalized spacial score (nSPS) is 10.1. The molecule has 2 amide bonds. The van der Waals surface area contributed by atoms with Crippen LogP contribution in [0.15, 0.2) is 53.6 Å². The summed E-state index contributed by atoms with van der Waals surface area (Å²) in [5, 5.41) is 25.4. The third kappa shape index (κ3) is 4.97. The van der Waals surface area contributed by atoms with Gasteiger partial charge in [0, 0.05) is 11.8 Å². The van der Waals surface area contributed by atoms with Gasteiger partial charge in [-0.1, -0.05) is 24.3 Å². The molecule has 0 heterocycles. The van der Waals surface area contributed by atoms with E-state index in [-0.39, 0.29) is 17.7 Å². The van der Waals surface area contributed by atoms with E-state index in [4.69, 9.17) is 5.26 Å². The smallest absolute Gasteiger partial charge is 0.318 e. The number of para-hydroxylation sites is 1. The second-order valence-corrected chi connectivity index (χ2v) is 5.00. The van der Waals surface area contributed by atoms with Crippen molar-refractivity contribution in [3.8, 4) is 6.07 Å². The molecule has 0 unspecified atom stereocenters. The lowest BCUT2D eigenvalue weighted by molar-refractivity contribution is -0.385. The molecular formula is C17H13N5O4. The average molecular weight is 351 g/mol. The Labute approximate surface area is 148 Å². The van der Waals surface area contributed by atoms with Crippen LogP contribution >= 0.6 is 0 Å². The van der Waals surface area contributed by atoms with E-state index in [2.05, 4.69) is 10.4 Å². The van der Waals surface area contributed by atoms with Gasteiger partial charge in [0.2, 0.25) is 0 Å². The third-order valence-corrected chi connectivity index (χ3v) is 3.20. The second-order valence-electron chi connectivity index (χ2n) is 5.00. The number of nitro groups is 1. The minimum Gasteiger partial charge on any atom is -0.318 e. The molecule has 0 bridgehead atoms. The van der Waals surface area contributed by atoms with E-state index in [0.29, 0.717) is 5.69 Å². The molecular weight excluding hydrogens is 338 g/mol. The summed E-state index contributed by atoms with van der Waals surface area (Å²) in [5.41, 5.74) is 3.18. The van der Waals surface area contributed by atoms with Gasteiger partial charge in [0.05, 0.1) is 29.2 Å². The van der Waals surface area contributed by atoms with Crippen LogP contribution in [0.2, 0.25) is 0 Å². The van der Waals surface area contributed by atoms with Crippen LogP contribution in [0.25, 0.3) is 0 Å². The number of nitro benzene ring substituents is 1. The van der Waals surface area contributed by atoms with E-state index in [1.807, 2.05) is 11.5 Å². The molecule has 0 aliphatic rings. The number of hydrogen-bond donors (Lipinski definition) is 2. The molecule has 0 aliphatic heterocycles. The molecule has 26 heavy (non-hydrogen) atoms. The van der Waals surface area contributed by atoms with Crippen molar-refractivity contribution in [1.29, 1.82) is 5.26 Å². The van der Waals surface area contributed by atoms with Crippen LogP contribution < -0.4 is 10.7 Å². The van der Waals surface area contributed by atoms with Gasteiger partial charge < -0.3 is 5.32 Å². The standard InChI is InChI=1S/C17H13N5O4/c18-10-9-12-5-7-14(8-6-12)20-16(23)17(24)21-19-11-13-3-1-2-4-15(13)22(25)26/h1-8,11H,9H2,(H,20,23)(H,21,24). The highest BCUT2D eigenvalue weighted by Gasteiger charge is 2.14.